The summed E-state index contributed by atoms with van der Waals surface area (Å²) in [6.45, 7) is 0.137. The number of para-hydroxylation sites is 2. The summed E-state index contributed by atoms with van der Waals surface area (Å²) in [5, 5.41) is 10.7. The average molecular weight is 310 g/mol. The molecule has 0 aliphatic heterocycles. The third kappa shape index (κ3) is 6.37. The molecule has 0 amide bonds. The number of hydrogen-bond donors (Lipinski definition) is 0. The minimum Gasteiger partial charge on any atom is -0.484 e. The van der Waals surface area contributed by atoms with Crippen molar-refractivity contribution in [1.82, 2.24) is 0 Å². The van der Waals surface area contributed by atoms with E-state index in [1.807, 2.05) is 0 Å². The summed E-state index contributed by atoms with van der Waals surface area (Å²) in [6, 6.07) is 5.95. The molecule has 7 nitrogen and oxygen atoms in total. The van der Waals surface area contributed by atoms with Gasteiger partial charge < -0.3 is 9.47 Å². The lowest BCUT2D eigenvalue weighted by atomic mass is 10.3. The van der Waals surface area contributed by atoms with Crippen molar-refractivity contribution in [3.8, 4) is 5.75 Å². The van der Waals surface area contributed by atoms with Gasteiger partial charge in [0.05, 0.1) is 23.9 Å². The Morgan fingerprint density at radius 1 is 1.21 bits per heavy atom. The Kier molecular flexibility index (Phi) is 6.00. The Labute approximate surface area is 114 Å². The number of ether oxygens (including phenoxy) is 2. The van der Waals surface area contributed by atoms with Crippen LogP contribution in [0.1, 0.15) is 0 Å². The summed E-state index contributed by atoms with van der Waals surface area (Å²) >= 11 is 0. The molecule has 0 atom stereocenters. The van der Waals surface area contributed by atoms with E-state index in [9.17, 15) is 18.5 Å². The number of halogens is 1. The highest BCUT2D eigenvalue weighted by Gasteiger charge is 2.13. The standard InChI is InChI=1S/C10H12ClNO6S/c11-19(15,16)8-7-17-5-6-18-10-4-2-1-3-9(10)12(13)14/h1-4H,5-8H2. The number of nitro benzene ring substituents is 1. The molecule has 0 radical (unpaired) electrons. The van der Waals surface area contributed by atoms with Crippen molar-refractivity contribution in [2.45, 2.75) is 0 Å². The molecule has 1 aromatic carbocycles. The first-order chi connectivity index (χ1) is 8.90. The lowest BCUT2D eigenvalue weighted by molar-refractivity contribution is -0.385. The van der Waals surface area contributed by atoms with Crippen LogP contribution in [0.2, 0.25) is 0 Å². The van der Waals surface area contributed by atoms with Crippen molar-refractivity contribution in [3.05, 3.63) is 34.4 Å². The molecular weight excluding hydrogens is 298 g/mol. The van der Waals surface area contributed by atoms with E-state index in [1.54, 1.807) is 6.07 Å². The summed E-state index contributed by atoms with van der Waals surface area (Å²) in [7, 11) is 1.42. The molecule has 1 rings (SSSR count). The molecule has 106 valence electrons. The third-order valence-corrected chi connectivity index (χ3v) is 3.14. The highest BCUT2D eigenvalue weighted by molar-refractivity contribution is 8.13. The molecule has 0 saturated heterocycles. The largest absolute Gasteiger partial charge is 0.484 e. The lowest BCUT2D eigenvalue weighted by Gasteiger charge is -2.06. The predicted molar refractivity (Wildman–Crippen MR) is 69.1 cm³/mol. The van der Waals surface area contributed by atoms with Gasteiger partial charge in [-0.3, -0.25) is 10.1 Å². The maximum absolute atomic E-state index is 10.7. The maximum atomic E-state index is 10.7. The van der Waals surface area contributed by atoms with Crippen LogP contribution in [0.15, 0.2) is 24.3 Å². The van der Waals surface area contributed by atoms with E-state index in [0.29, 0.717) is 0 Å². The van der Waals surface area contributed by atoms with Crippen molar-refractivity contribution in [3.63, 3.8) is 0 Å². The summed E-state index contributed by atoms with van der Waals surface area (Å²) < 4.78 is 31.3. The zero-order valence-electron chi connectivity index (χ0n) is 9.82. The predicted octanol–water partition coefficient (Wildman–Crippen LogP) is 1.56. The molecule has 0 spiro atoms. The number of rotatable bonds is 8. The minimum atomic E-state index is -3.56. The van der Waals surface area contributed by atoms with Crippen LogP contribution in [-0.4, -0.2) is 38.9 Å². The molecular formula is C10H12ClNO6S. The van der Waals surface area contributed by atoms with Gasteiger partial charge in [-0.05, 0) is 6.07 Å². The molecule has 0 unspecified atom stereocenters. The molecule has 9 heteroatoms. The zero-order chi connectivity index (χ0) is 14.3. The number of nitro groups is 1. The summed E-state index contributed by atoms with van der Waals surface area (Å²) in [6.07, 6.45) is 0. The molecule has 0 saturated carbocycles. The van der Waals surface area contributed by atoms with Gasteiger partial charge in [0, 0.05) is 16.7 Å². The Morgan fingerprint density at radius 2 is 1.89 bits per heavy atom. The summed E-state index contributed by atoms with van der Waals surface area (Å²) in [5.41, 5.74) is -0.133. The molecule has 0 aromatic heterocycles. The number of benzene rings is 1. The van der Waals surface area contributed by atoms with E-state index in [1.165, 1.54) is 18.2 Å². The molecule has 1 aromatic rings. The van der Waals surface area contributed by atoms with Gasteiger partial charge in [0.2, 0.25) is 9.05 Å². The smallest absolute Gasteiger partial charge is 0.310 e. The van der Waals surface area contributed by atoms with Crippen LogP contribution in [0.3, 0.4) is 0 Å². The average Bonchev–Trinajstić information content (AvgIpc) is 2.32. The van der Waals surface area contributed by atoms with Crippen LogP contribution < -0.4 is 4.74 Å². The molecule has 0 aliphatic rings. The quantitative estimate of drug-likeness (QED) is 0.313. The second-order valence-electron chi connectivity index (χ2n) is 3.43. The van der Waals surface area contributed by atoms with Gasteiger partial charge in [0.15, 0.2) is 5.75 Å². The van der Waals surface area contributed by atoms with Gasteiger partial charge in [0.1, 0.15) is 6.61 Å². The fraction of sp³-hybridized carbons (Fsp3) is 0.400. The lowest BCUT2D eigenvalue weighted by Crippen LogP contribution is -2.12. The van der Waals surface area contributed by atoms with E-state index in [2.05, 4.69) is 0 Å². The molecule has 0 fully saturated rings. The topological polar surface area (TPSA) is 95.7 Å². The Balaban J connectivity index is 2.32. The third-order valence-electron chi connectivity index (χ3n) is 2.02. The molecule has 0 heterocycles. The molecule has 19 heavy (non-hydrogen) atoms. The maximum Gasteiger partial charge on any atom is 0.310 e. The van der Waals surface area contributed by atoms with Gasteiger partial charge in [-0.15, -0.1) is 0 Å². The normalized spacial score (nSPS) is 11.2. The Morgan fingerprint density at radius 3 is 2.53 bits per heavy atom. The van der Waals surface area contributed by atoms with E-state index >= 15 is 0 Å². The zero-order valence-corrected chi connectivity index (χ0v) is 11.4. The van der Waals surface area contributed by atoms with Crippen LogP contribution in [-0.2, 0) is 13.8 Å². The van der Waals surface area contributed by atoms with Crippen LogP contribution in [0.25, 0.3) is 0 Å². The Hall–Kier alpha value is -1.38. The van der Waals surface area contributed by atoms with Crippen LogP contribution in [0.5, 0.6) is 5.75 Å². The molecule has 0 bridgehead atoms. The second kappa shape index (κ2) is 7.27. The van der Waals surface area contributed by atoms with E-state index in [0.717, 1.165) is 0 Å². The van der Waals surface area contributed by atoms with E-state index < -0.39 is 14.0 Å². The SMILES string of the molecule is O=[N+]([O-])c1ccccc1OCCOCCS(=O)(=O)Cl. The van der Waals surface area contributed by atoms with Crippen molar-refractivity contribution in [2.24, 2.45) is 0 Å². The number of hydrogen-bond acceptors (Lipinski definition) is 6. The fourth-order valence-electron chi connectivity index (χ4n) is 1.20. The monoisotopic (exact) mass is 309 g/mol. The van der Waals surface area contributed by atoms with Gasteiger partial charge in [-0.25, -0.2) is 8.42 Å². The van der Waals surface area contributed by atoms with Crippen LogP contribution >= 0.6 is 10.7 Å². The van der Waals surface area contributed by atoms with Gasteiger partial charge in [-0.2, -0.15) is 0 Å². The van der Waals surface area contributed by atoms with Gasteiger partial charge >= 0.3 is 5.69 Å². The van der Waals surface area contributed by atoms with Crippen LogP contribution in [0.4, 0.5) is 5.69 Å². The van der Waals surface area contributed by atoms with Crippen LogP contribution in [0, 0.1) is 10.1 Å². The fourth-order valence-corrected chi connectivity index (χ4v) is 1.71. The van der Waals surface area contributed by atoms with Gasteiger partial charge in [-0.1, -0.05) is 12.1 Å². The Bertz CT molecular complexity index is 533. The second-order valence-corrected chi connectivity index (χ2v) is 6.33. The highest BCUT2D eigenvalue weighted by atomic mass is 35.7. The van der Waals surface area contributed by atoms with Crippen molar-refractivity contribution in [1.29, 1.82) is 0 Å². The van der Waals surface area contributed by atoms with Crippen molar-refractivity contribution < 1.29 is 22.8 Å². The van der Waals surface area contributed by atoms with E-state index in [4.69, 9.17) is 20.2 Å². The first kappa shape index (κ1) is 15.7. The first-order valence-corrected chi connectivity index (χ1v) is 7.74. The molecule has 0 N–H and O–H groups in total. The van der Waals surface area contributed by atoms with E-state index in [-0.39, 0.29) is 37.0 Å². The van der Waals surface area contributed by atoms with Crippen molar-refractivity contribution >= 4 is 25.4 Å². The first-order valence-electron chi connectivity index (χ1n) is 5.26. The number of nitrogens with zero attached hydrogens (tertiary/aromatic N) is 1. The van der Waals surface area contributed by atoms with Crippen molar-refractivity contribution in [2.75, 3.05) is 25.6 Å². The summed E-state index contributed by atoms with van der Waals surface area (Å²) in [4.78, 5) is 10.1. The molecule has 0 aliphatic carbocycles. The highest BCUT2D eigenvalue weighted by Crippen LogP contribution is 2.25. The summed E-state index contributed by atoms with van der Waals surface area (Å²) in [5.74, 6) is -0.152. The van der Waals surface area contributed by atoms with Gasteiger partial charge in [0.25, 0.3) is 0 Å². The minimum absolute atomic E-state index is 0.0495.